The number of hydrogen-bond acceptors (Lipinski definition) is 1. The van der Waals surface area contributed by atoms with Gasteiger partial charge in [-0.15, -0.1) is 0 Å². The zero-order chi connectivity index (χ0) is 26.4. The Kier molecular flexibility index (Phi) is 9.58. The summed E-state index contributed by atoms with van der Waals surface area (Å²) < 4.78 is 63.8. The molecule has 2 aliphatic rings. The van der Waals surface area contributed by atoms with E-state index in [9.17, 15) is 17.6 Å². The van der Waals surface area contributed by atoms with Gasteiger partial charge in [-0.25, -0.2) is 8.78 Å². The lowest BCUT2D eigenvalue weighted by Crippen LogP contribution is -2.26. The highest BCUT2D eigenvalue weighted by Crippen LogP contribution is 2.45. The van der Waals surface area contributed by atoms with Gasteiger partial charge >= 0.3 is 6.11 Å². The average molecular weight is 519 g/mol. The average Bonchev–Trinajstić information content (AvgIpc) is 2.88. The van der Waals surface area contributed by atoms with Crippen molar-refractivity contribution in [3.05, 3.63) is 64.7 Å². The maximum atomic E-state index is 15.0. The van der Waals surface area contributed by atoms with Crippen molar-refractivity contribution in [2.75, 3.05) is 0 Å². The van der Waals surface area contributed by atoms with Gasteiger partial charge in [0.2, 0.25) is 0 Å². The molecule has 0 heterocycles. The molecule has 0 aromatic heterocycles. The van der Waals surface area contributed by atoms with Gasteiger partial charge in [-0.1, -0.05) is 63.8 Å². The van der Waals surface area contributed by atoms with Gasteiger partial charge in [-0.3, -0.25) is 0 Å². The minimum absolute atomic E-state index is 0.0379. The SMILES string of the molecule is CCCc1ccc(CCC(F)(F)Oc2cc(F)c(C3CCC(C4CCC(CC)CC4)CC3)c(F)c2)cc1. The number of ether oxygens (including phenoxy) is 1. The van der Waals surface area contributed by atoms with Gasteiger partial charge in [0.15, 0.2) is 0 Å². The van der Waals surface area contributed by atoms with E-state index in [-0.39, 0.29) is 17.9 Å². The first-order valence-electron chi connectivity index (χ1n) is 14.4. The molecule has 0 atom stereocenters. The molecule has 204 valence electrons. The molecule has 37 heavy (non-hydrogen) atoms. The van der Waals surface area contributed by atoms with Crippen LogP contribution in [0.3, 0.4) is 0 Å². The maximum Gasteiger partial charge on any atom is 0.398 e. The summed E-state index contributed by atoms with van der Waals surface area (Å²) in [5, 5.41) is 0. The largest absolute Gasteiger partial charge is 0.432 e. The highest BCUT2D eigenvalue weighted by molar-refractivity contribution is 5.33. The summed E-state index contributed by atoms with van der Waals surface area (Å²) in [6.45, 7) is 4.36. The smallest absolute Gasteiger partial charge is 0.398 e. The molecule has 4 rings (SSSR count). The summed E-state index contributed by atoms with van der Waals surface area (Å²) in [5.41, 5.74) is 1.99. The number of benzene rings is 2. The zero-order valence-electron chi connectivity index (χ0n) is 22.4. The summed E-state index contributed by atoms with van der Waals surface area (Å²) in [6.07, 6.45) is 7.92. The third-order valence-corrected chi connectivity index (χ3v) is 8.90. The third-order valence-electron chi connectivity index (χ3n) is 8.90. The van der Waals surface area contributed by atoms with Crippen LogP contribution in [0.5, 0.6) is 5.75 Å². The van der Waals surface area contributed by atoms with Gasteiger partial charge in [0.05, 0.1) is 6.42 Å². The highest BCUT2D eigenvalue weighted by atomic mass is 19.3. The summed E-state index contributed by atoms with van der Waals surface area (Å²) in [7, 11) is 0. The van der Waals surface area contributed by atoms with E-state index in [1.807, 2.05) is 24.3 Å². The molecule has 2 aromatic rings. The monoisotopic (exact) mass is 518 g/mol. The number of hydrogen-bond donors (Lipinski definition) is 0. The number of aryl methyl sites for hydroxylation is 2. The standard InChI is InChI=1S/C32H42F4O/c1-3-5-23-6-8-24(9-7-23)18-19-32(35,36)37-28-20-29(33)31(30(34)21-28)27-16-14-26(15-17-27)25-12-10-22(4-2)11-13-25/h6-9,20-22,25-27H,3-5,10-19H2,1-2H3. The Morgan fingerprint density at radius 1 is 0.757 bits per heavy atom. The zero-order valence-corrected chi connectivity index (χ0v) is 22.4. The van der Waals surface area contributed by atoms with E-state index in [1.54, 1.807) is 0 Å². The lowest BCUT2D eigenvalue weighted by Gasteiger charge is -2.38. The van der Waals surface area contributed by atoms with Gasteiger partial charge in [0, 0.05) is 17.7 Å². The van der Waals surface area contributed by atoms with E-state index in [0.29, 0.717) is 5.92 Å². The van der Waals surface area contributed by atoms with E-state index in [2.05, 4.69) is 13.8 Å². The van der Waals surface area contributed by atoms with E-state index in [1.165, 1.54) is 37.7 Å². The van der Waals surface area contributed by atoms with Crippen molar-refractivity contribution in [3.63, 3.8) is 0 Å². The number of alkyl halides is 2. The Morgan fingerprint density at radius 2 is 1.27 bits per heavy atom. The van der Waals surface area contributed by atoms with Crippen molar-refractivity contribution in [2.24, 2.45) is 17.8 Å². The van der Waals surface area contributed by atoms with E-state index >= 15 is 0 Å². The molecule has 2 saturated carbocycles. The fraction of sp³-hybridized carbons (Fsp3) is 0.625. The van der Waals surface area contributed by atoms with Crippen LogP contribution in [-0.2, 0) is 12.8 Å². The summed E-state index contributed by atoms with van der Waals surface area (Å²) in [5.74, 6) is 0.0429. The molecule has 2 aromatic carbocycles. The quantitative estimate of drug-likeness (QED) is 0.284. The Balaban J connectivity index is 1.31. The van der Waals surface area contributed by atoms with Gasteiger partial charge in [0.25, 0.3) is 0 Å². The molecule has 0 N–H and O–H groups in total. The summed E-state index contributed by atoms with van der Waals surface area (Å²) >= 11 is 0. The molecular formula is C32H42F4O. The molecule has 1 nitrogen and oxygen atoms in total. The van der Waals surface area contributed by atoms with Crippen molar-refractivity contribution in [1.82, 2.24) is 0 Å². The number of rotatable bonds is 10. The van der Waals surface area contributed by atoms with Crippen LogP contribution in [0.15, 0.2) is 36.4 Å². The second-order valence-electron chi connectivity index (χ2n) is 11.4. The Bertz CT molecular complexity index is 963. The van der Waals surface area contributed by atoms with E-state index in [0.717, 1.165) is 68.1 Å². The summed E-state index contributed by atoms with van der Waals surface area (Å²) in [6, 6.07) is 9.46. The lowest BCUT2D eigenvalue weighted by atomic mass is 9.68. The first kappa shape index (κ1) is 28.0. The second kappa shape index (κ2) is 12.7. The van der Waals surface area contributed by atoms with Crippen LogP contribution in [-0.4, -0.2) is 6.11 Å². The molecule has 0 radical (unpaired) electrons. The van der Waals surface area contributed by atoms with Crippen LogP contribution in [0.2, 0.25) is 0 Å². The molecule has 0 bridgehead atoms. The lowest BCUT2D eigenvalue weighted by molar-refractivity contribution is -0.180. The van der Waals surface area contributed by atoms with E-state index in [4.69, 9.17) is 4.74 Å². The highest BCUT2D eigenvalue weighted by Gasteiger charge is 2.35. The molecule has 0 unspecified atom stereocenters. The van der Waals surface area contributed by atoms with E-state index < -0.39 is 29.9 Å². The Labute approximate surface area is 220 Å². The van der Waals surface area contributed by atoms with Crippen LogP contribution in [0.4, 0.5) is 17.6 Å². The van der Waals surface area contributed by atoms with Crippen molar-refractivity contribution in [2.45, 2.75) is 109 Å². The number of halogens is 4. The molecule has 0 saturated heterocycles. The molecular weight excluding hydrogens is 476 g/mol. The van der Waals surface area contributed by atoms with Crippen molar-refractivity contribution < 1.29 is 22.3 Å². The van der Waals surface area contributed by atoms with Crippen molar-refractivity contribution in [1.29, 1.82) is 0 Å². The van der Waals surface area contributed by atoms with Gasteiger partial charge in [0.1, 0.15) is 17.4 Å². The minimum atomic E-state index is -3.52. The van der Waals surface area contributed by atoms with Gasteiger partial charge < -0.3 is 4.74 Å². The fourth-order valence-corrected chi connectivity index (χ4v) is 6.63. The van der Waals surface area contributed by atoms with Gasteiger partial charge in [-0.2, -0.15) is 8.78 Å². The topological polar surface area (TPSA) is 9.23 Å². The second-order valence-corrected chi connectivity index (χ2v) is 11.4. The van der Waals surface area contributed by atoms with Gasteiger partial charge in [-0.05, 0) is 86.2 Å². The molecule has 0 aliphatic heterocycles. The molecule has 0 amide bonds. The van der Waals surface area contributed by atoms with Crippen LogP contribution in [0, 0.1) is 29.4 Å². The predicted molar refractivity (Wildman–Crippen MR) is 141 cm³/mol. The summed E-state index contributed by atoms with van der Waals surface area (Å²) in [4.78, 5) is 0. The van der Waals surface area contributed by atoms with Crippen LogP contribution in [0.25, 0.3) is 0 Å². The Morgan fingerprint density at radius 3 is 1.78 bits per heavy atom. The molecule has 5 heteroatoms. The molecule has 0 spiro atoms. The first-order valence-corrected chi connectivity index (χ1v) is 14.4. The third kappa shape index (κ3) is 7.51. The van der Waals surface area contributed by atoms with Crippen molar-refractivity contribution in [3.8, 4) is 5.75 Å². The fourth-order valence-electron chi connectivity index (χ4n) is 6.63. The van der Waals surface area contributed by atoms with Crippen LogP contribution < -0.4 is 4.74 Å². The minimum Gasteiger partial charge on any atom is -0.432 e. The normalized spacial score (nSPS) is 24.7. The maximum absolute atomic E-state index is 15.0. The first-order chi connectivity index (χ1) is 17.8. The predicted octanol–water partition coefficient (Wildman–Crippen LogP) is 10.0. The van der Waals surface area contributed by atoms with Crippen molar-refractivity contribution >= 4 is 0 Å². The van der Waals surface area contributed by atoms with Crippen LogP contribution >= 0.6 is 0 Å². The Hall–Kier alpha value is -2.04. The van der Waals surface area contributed by atoms with Crippen LogP contribution in [0.1, 0.15) is 107 Å². The molecule has 2 fully saturated rings. The molecule has 2 aliphatic carbocycles.